The number of hydrogen-bond donors (Lipinski definition) is 1. The molecule has 1 fully saturated rings. The molecule has 18 heavy (non-hydrogen) atoms. The lowest BCUT2D eigenvalue weighted by molar-refractivity contribution is 0.166. The first-order valence-electron chi connectivity index (χ1n) is 6.52. The Bertz CT molecular complexity index is 386. The number of likely N-dealkylation sites (N-methyl/N-ethyl adjacent to an activating group) is 1. The topological polar surface area (TPSA) is 26.7 Å². The highest BCUT2D eigenvalue weighted by molar-refractivity contribution is 6.30. The number of anilines is 1. The van der Waals surface area contributed by atoms with Crippen LogP contribution >= 0.6 is 11.6 Å². The maximum absolute atomic E-state index is 9.01. The molecule has 1 unspecified atom stereocenters. The van der Waals surface area contributed by atoms with Crippen molar-refractivity contribution in [3.8, 4) is 0 Å². The van der Waals surface area contributed by atoms with Gasteiger partial charge in [-0.3, -0.25) is 4.90 Å². The first-order valence-corrected chi connectivity index (χ1v) is 6.90. The molecule has 0 bridgehead atoms. The van der Waals surface area contributed by atoms with Crippen LogP contribution in [-0.4, -0.2) is 49.3 Å². The summed E-state index contributed by atoms with van der Waals surface area (Å²) in [6.45, 7) is 3.07. The van der Waals surface area contributed by atoms with Crippen molar-refractivity contribution in [2.75, 3.05) is 38.2 Å². The first-order chi connectivity index (χ1) is 8.70. The maximum Gasteiger partial charge on any atom is 0.0558 e. The fourth-order valence-electron chi connectivity index (χ4n) is 2.56. The second kappa shape index (κ2) is 6.41. The van der Waals surface area contributed by atoms with Gasteiger partial charge < -0.3 is 10.0 Å². The third-order valence-electron chi connectivity index (χ3n) is 3.65. The molecule has 1 N–H and O–H groups in total. The van der Waals surface area contributed by atoms with Crippen LogP contribution in [0.25, 0.3) is 0 Å². The van der Waals surface area contributed by atoms with Crippen molar-refractivity contribution in [2.24, 2.45) is 0 Å². The van der Waals surface area contributed by atoms with Crippen molar-refractivity contribution in [1.29, 1.82) is 0 Å². The molecule has 1 aliphatic rings. The normalized spacial score (nSPS) is 20.4. The van der Waals surface area contributed by atoms with Gasteiger partial charge in [0.15, 0.2) is 0 Å². The smallest absolute Gasteiger partial charge is 0.0558 e. The van der Waals surface area contributed by atoms with E-state index in [9.17, 15) is 0 Å². The minimum absolute atomic E-state index is 0.226. The molecule has 1 aromatic carbocycles. The van der Waals surface area contributed by atoms with Gasteiger partial charge in [0.1, 0.15) is 0 Å². The van der Waals surface area contributed by atoms with Gasteiger partial charge in [0, 0.05) is 36.4 Å². The third-order valence-corrected chi connectivity index (χ3v) is 3.88. The van der Waals surface area contributed by atoms with Crippen molar-refractivity contribution >= 4 is 17.3 Å². The van der Waals surface area contributed by atoms with Crippen LogP contribution in [0.5, 0.6) is 0 Å². The van der Waals surface area contributed by atoms with Gasteiger partial charge in [0.05, 0.1) is 6.61 Å². The minimum atomic E-state index is 0.226. The van der Waals surface area contributed by atoms with Gasteiger partial charge in [-0.15, -0.1) is 0 Å². The Kier molecular flexibility index (Phi) is 4.87. The highest BCUT2D eigenvalue weighted by atomic mass is 35.5. The lowest BCUT2D eigenvalue weighted by Gasteiger charge is -2.38. The summed E-state index contributed by atoms with van der Waals surface area (Å²) in [5.74, 6) is 0. The number of benzene rings is 1. The molecule has 0 aromatic heterocycles. The SMILES string of the molecule is CN(CCO)C1CCCN(c2cccc(Cl)c2)C1. The highest BCUT2D eigenvalue weighted by Crippen LogP contribution is 2.24. The van der Waals surface area contributed by atoms with Gasteiger partial charge >= 0.3 is 0 Å². The monoisotopic (exact) mass is 268 g/mol. The molecule has 100 valence electrons. The summed E-state index contributed by atoms with van der Waals surface area (Å²) in [5, 5.41) is 9.80. The summed E-state index contributed by atoms with van der Waals surface area (Å²) in [6.07, 6.45) is 2.39. The molecular formula is C14H21ClN2O. The minimum Gasteiger partial charge on any atom is -0.395 e. The highest BCUT2D eigenvalue weighted by Gasteiger charge is 2.23. The van der Waals surface area contributed by atoms with Crippen molar-refractivity contribution in [2.45, 2.75) is 18.9 Å². The van der Waals surface area contributed by atoms with Crippen molar-refractivity contribution < 1.29 is 5.11 Å². The molecule has 0 saturated carbocycles. The summed E-state index contributed by atoms with van der Waals surface area (Å²) in [7, 11) is 2.09. The van der Waals surface area contributed by atoms with Crippen molar-refractivity contribution in [3.05, 3.63) is 29.3 Å². The van der Waals surface area contributed by atoms with Crippen LogP contribution < -0.4 is 4.90 Å². The largest absolute Gasteiger partial charge is 0.395 e. The molecule has 0 spiro atoms. The quantitative estimate of drug-likeness (QED) is 0.907. The van der Waals surface area contributed by atoms with Gasteiger partial charge in [-0.05, 0) is 38.1 Å². The summed E-state index contributed by atoms with van der Waals surface area (Å²) in [6, 6.07) is 8.56. The summed E-state index contributed by atoms with van der Waals surface area (Å²) >= 11 is 6.04. The number of nitrogens with zero attached hydrogens (tertiary/aromatic N) is 2. The van der Waals surface area contributed by atoms with E-state index in [0.717, 1.165) is 24.7 Å². The Labute approximate surface area is 114 Å². The maximum atomic E-state index is 9.01. The van der Waals surface area contributed by atoms with Crippen LogP contribution in [0.1, 0.15) is 12.8 Å². The Morgan fingerprint density at radius 1 is 1.50 bits per heavy atom. The van der Waals surface area contributed by atoms with E-state index in [-0.39, 0.29) is 6.61 Å². The van der Waals surface area contributed by atoms with Crippen molar-refractivity contribution in [1.82, 2.24) is 4.90 Å². The molecule has 0 amide bonds. The zero-order chi connectivity index (χ0) is 13.0. The van der Waals surface area contributed by atoms with E-state index >= 15 is 0 Å². The average Bonchev–Trinajstić information content (AvgIpc) is 2.39. The van der Waals surface area contributed by atoms with E-state index in [1.807, 2.05) is 18.2 Å². The van der Waals surface area contributed by atoms with E-state index in [0.29, 0.717) is 6.04 Å². The summed E-state index contributed by atoms with van der Waals surface area (Å²) < 4.78 is 0. The molecular weight excluding hydrogens is 248 g/mol. The van der Waals surface area contributed by atoms with E-state index < -0.39 is 0 Å². The predicted molar refractivity (Wildman–Crippen MR) is 76.4 cm³/mol. The number of aliphatic hydroxyl groups excluding tert-OH is 1. The molecule has 1 saturated heterocycles. The number of aliphatic hydroxyl groups is 1. The fourth-order valence-corrected chi connectivity index (χ4v) is 2.75. The summed E-state index contributed by atoms with van der Waals surface area (Å²) in [4.78, 5) is 4.63. The second-order valence-corrected chi connectivity index (χ2v) is 5.36. The lowest BCUT2D eigenvalue weighted by Crippen LogP contribution is -2.47. The molecule has 0 aliphatic carbocycles. The molecule has 1 atom stereocenters. The Morgan fingerprint density at radius 2 is 2.33 bits per heavy atom. The van der Waals surface area contributed by atoms with Crippen LogP contribution in [0.15, 0.2) is 24.3 Å². The molecule has 1 heterocycles. The Hall–Kier alpha value is -0.770. The van der Waals surface area contributed by atoms with Crippen LogP contribution in [0.2, 0.25) is 5.02 Å². The van der Waals surface area contributed by atoms with E-state index in [1.54, 1.807) is 0 Å². The van der Waals surface area contributed by atoms with Crippen LogP contribution in [0.3, 0.4) is 0 Å². The average molecular weight is 269 g/mol. The molecule has 4 heteroatoms. The van der Waals surface area contributed by atoms with Crippen molar-refractivity contribution in [3.63, 3.8) is 0 Å². The number of halogens is 1. The Balaban J connectivity index is 2.02. The molecule has 1 aromatic rings. The van der Waals surface area contributed by atoms with Gasteiger partial charge in [0.25, 0.3) is 0 Å². The summed E-state index contributed by atoms with van der Waals surface area (Å²) in [5.41, 5.74) is 1.20. The van der Waals surface area contributed by atoms with Gasteiger partial charge in [-0.2, -0.15) is 0 Å². The van der Waals surface area contributed by atoms with E-state index in [4.69, 9.17) is 16.7 Å². The predicted octanol–water partition coefficient (Wildman–Crippen LogP) is 2.23. The molecule has 2 rings (SSSR count). The number of hydrogen-bond acceptors (Lipinski definition) is 3. The number of rotatable bonds is 4. The van der Waals surface area contributed by atoms with Crippen LogP contribution in [0, 0.1) is 0 Å². The standard InChI is InChI=1S/C14H21ClN2O/c1-16(8-9-18)14-6-3-7-17(11-14)13-5-2-4-12(15)10-13/h2,4-5,10,14,18H,3,6-9,11H2,1H3. The second-order valence-electron chi connectivity index (χ2n) is 4.93. The molecule has 1 aliphatic heterocycles. The van der Waals surface area contributed by atoms with Gasteiger partial charge in [0.2, 0.25) is 0 Å². The lowest BCUT2D eigenvalue weighted by atomic mass is 10.0. The third kappa shape index (κ3) is 3.37. The van der Waals surface area contributed by atoms with E-state index in [1.165, 1.54) is 18.5 Å². The fraction of sp³-hybridized carbons (Fsp3) is 0.571. The Morgan fingerprint density at radius 3 is 3.06 bits per heavy atom. The number of piperidine rings is 1. The van der Waals surface area contributed by atoms with Crippen LogP contribution in [0.4, 0.5) is 5.69 Å². The van der Waals surface area contributed by atoms with E-state index in [2.05, 4.69) is 22.9 Å². The zero-order valence-electron chi connectivity index (χ0n) is 10.8. The molecule has 0 radical (unpaired) electrons. The molecule has 3 nitrogen and oxygen atoms in total. The van der Waals surface area contributed by atoms with Gasteiger partial charge in [-0.1, -0.05) is 17.7 Å². The van der Waals surface area contributed by atoms with Gasteiger partial charge in [-0.25, -0.2) is 0 Å². The first kappa shape index (κ1) is 13.7. The van der Waals surface area contributed by atoms with Crippen LogP contribution in [-0.2, 0) is 0 Å². The zero-order valence-corrected chi connectivity index (χ0v) is 11.6.